The van der Waals surface area contributed by atoms with Gasteiger partial charge in [0, 0.05) is 36.5 Å². The number of carbonyl (C=O) groups excluding carboxylic acids is 1. The lowest BCUT2D eigenvalue weighted by Crippen LogP contribution is -2.62. The third-order valence-corrected chi connectivity index (χ3v) is 3.92. The molecular weight excluding hydrogens is 244 g/mol. The van der Waals surface area contributed by atoms with Crippen LogP contribution in [0.3, 0.4) is 0 Å². The topological polar surface area (TPSA) is 71.2 Å². The second-order valence-corrected chi connectivity index (χ2v) is 5.45. The first kappa shape index (κ1) is 13.8. The van der Waals surface area contributed by atoms with Crippen molar-refractivity contribution < 1.29 is 9.53 Å². The van der Waals surface area contributed by atoms with Crippen LogP contribution in [0.5, 0.6) is 0 Å². The molecule has 2 N–H and O–H groups in total. The van der Waals surface area contributed by atoms with Gasteiger partial charge >= 0.3 is 0 Å². The highest BCUT2D eigenvalue weighted by Crippen LogP contribution is 2.42. The molecule has 2 rings (SSSR count). The van der Waals surface area contributed by atoms with E-state index in [4.69, 9.17) is 4.74 Å². The lowest BCUT2D eigenvalue weighted by molar-refractivity contribution is -0.111. The summed E-state index contributed by atoms with van der Waals surface area (Å²) >= 11 is 0. The monoisotopic (exact) mass is 264 g/mol. The van der Waals surface area contributed by atoms with Crippen LogP contribution in [0.4, 0.5) is 0 Å². The molecule has 5 nitrogen and oxygen atoms in total. The quantitative estimate of drug-likeness (QED) is 0.861. The van der Waals surface area contributed by atoms with Crippen molar-refractivity contribution in [1.29, 1.82) is 0 Å². The van der Waals surface area contributed by atoms with Crippen LogP contribution in [-0.4, -0.2) is 29.6 Å². The van der Waals surface area contributed by atoms with Crippen molar-refractivity contribution in [1.82, 2.24) is 10.3 Å². The van der Waals surface area contributed by atoms with Gasteiger partial charge in [0.15, 0.2) is 5.43 Å². The number of aromatic amines is 1. The molecule has 1 aromatic rings. The molecule has 1 aliphatic rings. The summed E-state index contributed by atoms with van der Waals surface area (Å²) in [6.45, 7) is 6.77. The summed E-state index contributed by atoms with van der Waals surface area (Å²) in [7, 11) is 0. The van der Waals surface area contributed by atoms with Gasteiger partial charge in [-0.1, -0.05) is 13.8 Å². The standard InChI is InChI=1S/C14H20N2O3/c1-4-19-12-7-11(14(12,2)3)16-13(18)9-8-15-6-5-10(9)17/h5-6,8,11-12H,4,7H2,1-3H3,(H,15,17)(H,16,18). The summed E-state index contributed by atoms with van der Waals surface area (Å²) in [5, 5.41) is 2.91. The van der Waals surface area contributed by atoms with Gasteiger partial charge in [-0.2, -0.15) is 0 Å². The molecular formula is C14H20N2O3. The van der Waals surface area contributed by atoms with Crippen molar-refractivity contribution in [3.8, 4) is 0 Å². The highest BCUT2D eigenvalue weighted by atomic mass is 16.5. The molecule has 0 aliphatic heterocycles. The van der Waals surface area contributed by atoms with E-state index in [-0.39, 0.29) is 34.5 Å². The summed E-state index contributed by atoms with van der Waals surface area (Å²) in [5.74, 6) is -0.324. The maximum absolute atomic E-state index is 12.0. The Kier molecular flexibility index (Phi) is 3.75. The summed E-state index contributed by atoms with van der Waals surface area (Å²) < 4.78 is 5.62. The minimum absolute atomic E-state index is 0.0381. The number of rotatable bonds is 4. The van der Waals surface area contributed by atoms with Crippen LogP contribution in [0.25, 0.3) is 0 Å². The Morgan fingerprint density at radius 2 is 2.32 bits per heavy atom. The van der Waals surface area contributed by atoms with Gasteiger partial charge in [0.1, 0.15) is 5.56 Å². The summed E-state index contributed by atoms with van der Waals surface area (Å²) in [5.41, 5.74) is -0.222. The maximum atomic E-state index is 12.0. The molecule has 0 aromatic carbocycles. The van der Waals surface area contributed by atoms with Crippen LogP contribution in [0.15, 0.2) is 23.3 Å². The number of hydrogen-bond acceptors (Lipinski definition) is 3. The third-order valence-electron chi connectivity index (χ3n) is 3.92. The van der Waals surface area contributed by atoms with Crippen LogP contribution in [0.1, 0.15) is 37.6 Å². The van der Waals surface area contributed by atoms with Crippen LogP contribution in [0.2, 0.25) is 0 Å². The number of pyridine rings is 1. The van der Waals surface area contributed by atoms with E-state index >= 15 is 0 Å². The van der Waals surface area contributed by atoms with Gasteiger partial charge in [-0.25, -0.2) is 0 Å². The lowest BCUT2D eigenvalue weighted by Gasteiger charge is -2.51. The number of H-pyrrole nitrogens is 1. The summed E-state index contributed by atoms with van der Waals surface area (Å²) in [6.07, 6.45) is 3.90. The molecule has 0 bridgehead atoms. The van der Waals surface area contributed by atoms with Gasteiger partial charge < -0.3 is 15.0 Å². The molecule has 1 heterocycles. The smallest absolute Gasteiger partial charge is 0.256 e. The van der Waals surface area contributed by atoms with E-state index in [1.165, 1.54) is 18.5 Å². The van der Waals surface area contributed by atoms with Crippen molar-refractivity contribution in [2.75, 3.05) is 6.61 Å². The van der Waals surface area contributed by atoms with E-state index in [2.05, 4.69) is 24.1 Å². The Morgan fingerprint density at radius 1 is 1.58 bits per heavy atom. The Labute approximate surface area is 112 Å². The third kappa shape index (κ3) is 2.56. The normalized spacial score (nSPS) is 24.6. The van der Waals surface area contributed by atoms with Gasteiger partial charge in [-0.05, 0) is 13.3 Å². The fourth-order valence-corrected chi connectivity index (χ4v) is 2.44. The van der Waals surface area contributed by atoms with E-state index in [0.717, 1.165) is 6.42 Å². The second-order valence-electron chi connectivity index (χ2n) is 5.45. The SMILES string of the molecule is CCOC1CC(NC(=O)c2c[nH]ccc2=O)C1(C)C. The number of carbonyl (C=O) groups is 1. The zero-order chi connectivity index (χ0) is 14.0. The van der Waals surface area contributed by atoms with Crippen molar-refractivity contribution in [2.24, 2.45) is 5.41 Å². The molecule has 2 atom stereocenters. The second kappa shape index (κ2) is 5.17. The first-order valence-electron chi connectivity index (χ1n) is 6.56. The van der Waals surface area contributed by atoms with Crippen LogP contribution in [-0.2, 0) is 4.74 Å². The predicted molar refractivity (Wildman–Crippen MR) is 72.1 cm³/mol. The Hall–Kier alpha value is -1.62. The maximum Gasteiger partial charge on any atom is 0.256 e. The zero-order valence-electron chi connectivity index (χ0n) is 11.5. The number of aromatic nitrogens is 1. The molecule has 0 saturated heterocycles. The summed E-state index contributed by atoms with van der Waals surface area (Å²) in [6, 6.07) is 1.39. The van der Waals surface area contributed by atoms with E-state index in [9.17, 15) is 9.59 Å². The molecule has 1 saturated carbocycles. The lowest BCUT2D eigenvalue weighted by atomic mass is 9.64. The molecule has 5 heteroatoms. The molecule has 1 fully saturated rings. The van der Waals surface area contributed by atoms with Crippen molar-refractivity contribution >= 4 is 5.91 Å². The van der Waals surface area contributed by atoms with E-state index in [0.29, 0.717) is 6.61 Å². The largest absolute Gasteiger partial charge is 0.378 e. The first-order chi connectivity index (χ1) is 8.96. The number of nitrogens with one attached hydrogen (secondary N) is 2. The van der Waals surface area contributed by atoms with E-state index in [1.807, 2.05) is 6.92 Å². The Morgan fingerprint density at radius 3 is 2.89 bits per heavy atom. The Balaban J connectivity index is 2.02. The van der Waals surface area contributed by atoms with Crippen molar-refractivity contribution in [3.63, 3.8) is 0 Å². The first-order valence-corrected chi connectivity index (χ1v) is 6.56. The zero-order valence-corrected chi connectivity index (χ0v) is 11.5. The fraction of sp³-hybridized carbons (Fsp3) is 0.571. The molecule has 19 heavy (non-hydrogen) atoms. The average Bonchev–Trinajstić information content (AvgIpc) is 2.38. The molecule has 2 unspecified atom stereocenters. The molecule has 1 aliphatic carbocycles. The van der Waals surface area contributed by atoms with Gasteiger partial charge in [0.2, 0.25) is 0 Å². The van der Waals surface area contributed by atoms with Crippen molar-refractivity contribution in [3.05, 3.63) is 34.2 Å². The number of hydrogen-bond donors (Lipinski definition) is 2. The molecule has 104 valence electrons. The van der Waals surface area contributed by atoms with Gasteiger partial charge in [-0.3, -0.25) is 9.59 Å². The molecule has 0 radical (unpaired) electrons. The van der Waals surface area contributed by atoms with Crippen molar-refractivity contribution in [2.45, 2.75) is 39.3 Å². The molecule has 1 amide bonds. The van der Waals surface area contributed by atoms with E-state index < -0.39 is 0 Å². The minimum atomic E-state index is -0.324. The minimum Gasteiger partial charge on any atom is -0.378 e. The fourth-order valence-electron chi connectivity index (χ4n) is 2.44. The van der Waals surface area contributed by atoms with E-state index in [1.54, 1.807) is 0 Å². The summed E-state index contributed by atoms with van der Waals surface area (Å²) in [4.78, 5) is 26.4. The van der Waals surface area contributed by atoms with Crippen LogP contribution in [0, 0.1) is 5.41 Å². The highest BCUT2D eigenvalue weighted by Gasteiger charge is 2.49. The predicted octanol–water partition coefficient (Wildman–Crippen LogP) is 1.31. The average molecular weight is 264 g/mol. The van der Waals surface area contributed by atoms with Crippen LogP contribution >= 0.6 is 0 Å². The highest BCUT2D eigenvalue weighted by molar-refractivity contribution is 5.94. The molecule has 0 spiro atoms. The van der Waals surface area contributed by atoms with Gasteiger partial charge in [0.05, 0.1) is 6.10 Å². The molecule has 1 aromatic heterocycles. The van der Waals surface area contributed by atoms with Gasteiger partial charge in [-0.15, -0.1) is 0 Å². The van der Waals surface area contributed by atoms with Gasteiger partial charge in [0.25, 0.3) is 5.91 Å². The number of amides is 1. The van der Waals surface area contributed by atoms with Crippen LogP contribution < -0.4 is 10.7 Å². The number of ether oxygens (including phenoxy) is 1. The Bertz CT molecular complexity index is 521.